The third-order valence-corrected chi connectivity index (χ3v) is 3.96. The smallest absolute Gasteiger partial charge is 0.366 e. The van der Waals surface area contributed by atoms with Gasteiger partial charge in [0.2, 0.25) is 5.91 Å². The first-order valence-electron chi connectivity index (χ1n) is 8.86. The summed E-state index contributed by atoms with van der Waals surface area (Å²) in [4.78, 5) is 15.7. The number of halogens is 4. The van der Waals surface area contributed by atoms with Crippen molar-refractivity contribution in [2.24, 2.45) is 10.7 Å². The predicted molar refractivity (Wildman–Crippen MR) is 118 cm³/mol. The second-order valence-corrected chi connectivity index (χ2v) is 6.13. The number of nitrogens with zero attached hydrogens (tertiary/aromatic N) is 1. The number of nitrogens with one attached hydrogen (secondary N) is 2. The highest BCUT2D eigenvalue weighted by molar-refractivity contribution is 14.0. The van der Waals surface area contributed by atoms with E-state index in [9.17, 15) is 18.0 Å². The standard InChI is InChI=1S/C20H23F3N4O.HI/c1-2-25-19(27-13-15-4-3-5-16(12-15)18(24)28)26-11-10-14-6-8-17(9-7-14)20(21,22)23;/h3-9,12H,2,10-11,13H2,1H3,(H2,24,28)(H2,25,26,27);1H. The number of carbonyl (C=O) groups excluding carboxylic acids is 1. The lowest BCUT2D eigenvalue weighted by Crippen LogP contribution is -2.38. The molecule has 4 N–H and O–H groups in total. The van der Waals surface area contributed by atoms with Crippen molar-refractivity contribution in [2.45, 2.75) is 26.1 Å². The fourth-order valence-electron chi connectivity index (χ4n) is 2.52. The van der Waals surface area contributed by atoms with Crippen LogP contribution in [0.2, 0.25) is 0 Å². The molecule has 2 aromatic rings. The average Bonchev–Trinajstić information content (AvgIpc) is 2.66. The van der Waals surface area contributed by atoms with E-state index in [1.165, 1.54) is 12.1 Å². The van der Waals surface area contributed by atoms with E-state index < -0.39 is 17.6 Å². The molecular weight excluding hydrogens is 496 g/mol. The van der Waals surface area contributed by atoms with Crippen LogP contribution in [0.3, 0.4) is 0 Å². The van der Waals surface area contributed by atoms with Crippen LogP contribution in [-0.4, -0.2) is 25.0 Å². The molecule has 0 aromatic heterocycles. The second-order valence-electron chi connectivity index (χ2n) is 6.13. The third-order valence-electron chi connectivity index (χ3n) is 3.96. The number of nitrogens with two attached hydrogens (primary N) is 1. The summed E-state index contributed by atoms with van der Waals surface area (Å²) in [5.74, 6) is 0.0892. The molecule has 0 aliphatic heterocycles. The highest BCUT2D eigenvalue weighted by atomic mass is 127. The van der Waals surface area contributed by atoms with Gasteiger partial charge in [-0.15, -0.1) is 24.0 Å². The zero-order chi connectivity index (χ0) is 20.6. The van der Waals surface area contributed by atoms with Crippen molar-refractivity contribution in [1.29, 1.82) is 0 Å². The maximum absolute atomic E-state index is 12.6. The van der Waals surface area contributed by atoms with Crippen molar-refractivity contribution >= 4 is 35.8 Å². The van der Waals surface area contributed by atoms with Crippen molar-refractivity contribution in [3.05, 3.63) is 70.8 Å². The Morgan fingerprint density at radius 1 is 1.07 bits per heavy atom. The molecule has 0 radical (unpaired) electrons. The van der Waals surface area contributed by atoms with Gasteiger partial charge in [0.25, 0.3) is 0 Å². The molecule has 0 bridgehead atoms. The molecular formula is C20H24F3IN4O. The molecule has 0 unspecified atom stereocenters. The predicted octanol–water partition coefficient (Wildman–Crippen LogP) is 3.72. The molecule has 0 spiro atoms. The molecule has 5 nitrogen and oxygen atoms in total. The summed E-state index contributed by atoms with van der Waals surface area (Å²) >= 11 is 0. The van der Waals surface area contributed by atoms with Crippen molar-refractivity contribution in [1.82, 2.24) is 10.6 Å². The molecule has 0 fully saturated rings. The van der Waals surface area contributed by atoms with Gasteiger partial charge in [-0.25, -0.2) is 4.99 Å². The van der Waals surface area contributed by atoms with E-state index in [1.807, 2.05) is 13.0 Å². The number of alkyl halides is 3. The van der Waals surface area contributed by atoms with Crippen LogP contribution in [0.4, 0.5) is 13.2 Å². The van der Waals surface area contributed by atoms with Crippen LogP contribution in [0.5, 0.6) is 0 Å². The zero-order valence-electron chi connectivity index (χ0n) is 15.9. The molecule has 29 heavy (non-hydrogen) atoms. The maximum Gasteiger partial charge on any atom is 0.416 e. The Kier molecular flexibility index (Phi) is 9.93. The summed E-state index contributed by atoms with van der Waals surface area (Å²) < 4.78 is 37.8. The Morgan fingerprint density at radius 3 is 2.34 bits per heavy atom. The molecule has 2 rings (SSSR count). The number of hydrogen-bond donors (Lipinski definition) is 3. The monoisotopic (exact) mass is 520 g/mol. The van der Waals surface area contributed by atoms with Gasteiger partial charge in [-0.1, -0.05) is 24.3 Å². The first-order valence-corrected chi connectivity index (χ1v) is 8.86. The summed E-state index contributed by atoms with van der Waals surface area (Å²) in [6.07, 6.45) is -3.77. The van der Waals surface area contributed by atoms with Gasteiger partial charge in [0.05, 0.1) is 12.1 Å². The Balaban J connectivity index is 0.00000420. The first kappa shape index (κ1) is 24.7. The number of carbonyl (C=O) groups is 1. The van der Waals surface area contributed by atoms with Gasteiger partial charge in [0.1, 0.15) is 0 Å². The Morgan fingerprint density at radius 2 is 1.76 bits per heavy atom. The fraction of sp³-hybridized carbons (Fsp3) is 0.300. The lowest BCUT2D eigenvalue weighted by Gasteiger charge is -2.12. The van der Waals surface area contributed by atoms with Crippen molar-refractivity contribution in [3.8, 4) is 0 Å². The van der Waals surface area contributed by atoms with Crippen LogP contribution in [0.15, 0.2) is 53.5 Å². The summed E-state index contributed by atoms with van der Waals surface area (Å²) in [6.45, 7) is 3.46. The number of hydrogen-bond acceptors (Lipinski definition) is 2. The molecule has 2 aromatic carbocycles. The van der Waals surface area contributed by atoms with Crippen molar-refractivity contribution in [3.63, 3.8) is 0 Å². The number of guanidine groups is 1. The highest BCUT2D eigenvalue weighted by Gasteiger charge is 2.29. The molecule has 158 valence electrons. The van der Waals surface area contributed by atoms with E-state index in [-0.39, 0.29) is 24.0 Å². The number of primary amides is 1. The molecule has 0 heterocycles. The average molecular weight is 520 g/mol. The van der Waals surface area contributed by atoms with Crippen LogP contribution in [0.1, 0.15) is 34.0 Å². The normalized spacial score (nSPS) is 11.5. The number of amides is 1. The molecule has 0 atom stereocenters. The van der Waals surface area contributed by atoms with Crippen molar-refractivity contribution < 1.29 is 18.0 Å². The summed E-state index contributed by atoms with van der Waals surface area (Å²) in [5.41, 5.74) is 6.69. The minimum absolute atomic E-state index is 0. The van der Waals surface area contributed by atoms with Gasteiger partial charge in [-0.05, 0) is 48.7 Å². The lowest BCUT2D eigenvalue weighted by atomic mass is 10.1. The summed E-state index contributed by atoms with van der Waals surface area (Å²) in [7, 11) is 0. The van der Waals surface area contributed by atoms with E-state index in [0.29, 0.717) is 37.6 Å². The molecule has 0 aliphatic carbocycles. The van der Waals surface area contributed by atoms with Crippen LogP contribution in [0.25, 0.3) is 0 Å². The summed E-state index contributed by atoms with van der Waals surface area (Å²) in [5, 5.41) is 6.25. The van der Waals surface area contributed by atoms with Gasteiger partial charge in [0, 0.05) is 18.7 Å². The molecule has 0 saturated heterocycles. The first-order chi connectivity index (χ1) is 13.3. The Hall–Kier alpha value is -2.30. The Bertz CT molecular complexity index is 823. The van der Waals surface area contributed by atoms with E-state index in [1.54, 1.807) is 18.2 Å². The highest BCUT2D eigenvalue weighted by Crippen LogP contribution is 2.29. The molecule has 1 amide bonds. The van der Waals surface area contributed by atoms with Crippen LogP contribution in [-0.2, 0) is 19.1 Å². The van der Waals surface area contributed by atoms with Gasteiger partial charge in [-0.3, -0.25) is 4.79 Å². The second kappa shape index (κ2) is 11.6. The van der Waals surface area contributed by atoms with E-state index >= 15 is 0 Å². The minimum Gasteiger partial charge on any atom is -0.366 e. The lowest BCUT2D eigenvalue weighted by molar-refractivity contribution is -0.137. The van der Waals surface area contributed by atoms with Gasteiger partial charge >= 0.3 is 6.18 Å². The zero-order valence-corrected chi connectivity index (χ0v) is 18.3. The Labute approximate surface area is 185 Å². The third kappa shape index (κ3) is 8.30. The number of benzene rings is 2. The van der Waals surface area contributed by atoms with E-state index in [4.69, 9.17) is 5.73 Å². The van der Waals surface area contributed by atoms with E-state index in [2.05, 4.69) is 15.6 Å². The molecule has 9 heteroatoms. The van der Waals surface area contributed by atoms with Gasteiger partial charge in [0.15, 0.2) is 5.96 Å². The minimum atomic E-state index is -4.33. The van der Waals surface area contributed by atoms with Gasteiger partial charge < -0.3 is 16.4 Å². The van der Waals surface area contributed by atoms with Gasteiger partial charge in [-0.2, -0.15) is 13.2 Å². The topological polar surface area (TPSA) is 79.5 Å². The maximum atomic E-state index is 12.6. The van der Waals surface area contributed by atoms with Crippen LogP contribution >= 0.6 is 24.0 Å². The largest absolute Gasteiger partial charge is 0.416 e. The van der Waals surface area contributed by atoms with Crippen molar-refractivity contribution in [2.75, 3.05) is 13.1 Å². The number of aliphatic imine (C=N–C) groups is 1. The van der Waals surface area contributed by atoms with E-state index in [0.717, 1.165) is 23.3 Å². The fourth-order valence-corrected chi connectivity index (χ4v) is 2.52. The van der Waals surface area contributed by atoms with Crippen LogP contribution in [0, 0.1) is 0 Å². The quantitative estimate of drug-likeness (QED) is 0.296. The SMILES string of the molecule is CCNC(=NCc1cccc(C(N)=O)c1)NCCc1ccc(C(F)(F)F)cc1.I. The molecule has 0 aliphatic rings. The number of rotatable bonds is 7. The van der Waals surface area contributed by atoms with Crippen LogP contribution < -0.4 is 16.4 Å². The summed E-state index contributed by atoms with van der Waals surface area (Å²) in [6, 6.07) is 12.0. The molecule has 0 saturated carbocycles.